The Morgan fingerprint density at radius 2 is 2.30 bits per heavy atom. The highest BCUT2D eigenvalue weighted by molar-refractivity contribution is 7.13. The van der Waals surface area contributed by atoms with Crippen LogP contribution < -0.4 is 10.6 Å². The number of hydrogen-bond donors (Lipinski definition) is 2. The molecule has 4 amide bonds. The van der Waals surface area contributed by atoms with Crippen LogP contribution in [-0.2, 0) is 4.79 Å². The molecule has 3 heterocycles. The lowest BCUT2D eigenvalue weighted by molar-refractivity contribution is -0.125. The summed E-state index contributed by atoms with van der Waals surface area (Å²) in [5, 5.41) is 5.72. The standard InChI is InChI=1S/C12H14N4O3S/c1-7-13-5-8(20-7)9(17)16-4-2-3-12(6-16)10(18)14-11(19)15-12/h5H,2-4,6H2,1H3,(H2,14,15,18,19). The van der Waals surface area contributed by atoms with Crippen molar-refractivity contribution in [1.82, 2.24) is 20.5 Å². The molecule has 1 unspecified atom stereocenters. The van der Waals surface area contributed by atoms with Gasteiger partial charge in [0.15, 0.2) is 0 Å². The van der Waals surface area contributed by atoms with E-state index in [4.69, 9.17) is 0 Å². The maximum atomic E-state index is 12.4. The number of hydrogen-bond acceptors (Lipinski definition) is 5. The first-order valence-electron chi connectivity index (χ1n) is 6.35. The number of urea groups is 1. The Morgan fingerprint density at radius 1 is 1.50 bits per heavy atom. The quantitative estimate of drug-likeness (QED) is 0.727. The maximum absolute atomic E-state index is 12.4. The van der Waals surface area contributed by atoms with Crippen molar-refractivity contribution in [2.75, 3.05) is 13.1 Å². The Kier molecular flexibility index (Phi) is 2.97. The average Bonchev–Trinajstić information content (AvgIpc) is 2.94. The van der Waals surface area contributed by atoms with Gasteiger partial charge in [0.1, 0.15) is 10.4 Å². The van der Waals surface area contributed by atoms with E-state index in [0.29, 0.717) is 24.3 Å². The van der Waals surface area contributed by atoms with E-state index < -0.39 is 11.6 Å². The summed E-state index contributed by atoms with van der Waals surface area (Å²) in [6.07, 6.45) is 2.78. The Hall–Kier alpha value is -1.96. The van der Waals surface area contributed by atoms with Gasteiger partial charge in [-0.25, -0.2) is 9.78 Å². The third-order valence-corrected chi connectivity index (χ3v) is 4.53. The third kappa shape index (κ3) is 2.05. The van der Waals surface area contributed by atoms with E-state index >= 15 is 0 Å². The highest BCUT2D eigenvalue weighted by Gasteiger charge is 2.49. The lowest BCUT2D eigenvalue weighted by Crippen LogP contribution is -2.59. The van der Waals surface area contributed by atoms with Crippen LogP contribution >= 0.6 is 11.3 Å². The molecule has 2 aliphatic heterocycles. The number of aryl methyl sites for hydroxylation is 1. The molecule has 106 valence electrons. The number of amides is 4. The number of carbonyl (C=O) groups excluding carboxylic acids is 3. The summed E-state index contributed by atoms with van der Waals surface area (Å²) >= 11 is 1.33. The number of nitrogens with one attached hydrogen (secondary N) is 2. The largest absolute Gasteiger partial charge is 0.335 e. The van der Waals surface area contributed by atoms with Crippen LogP contribution in [0.3, 0.4) is 0 Å². The Balaban J connectivity index is 1.80. The number of imide groups is 1. The molecule has 1 spiro atoms. The maximum Gasteiger partial charge on any atom is 0.322 e. The first-order chi connectivity index (χ1) is 9.50. The second-order valence-corrected chi connectivity index (χ2v) is 6.30. The van der Waals surface area contributed by atoms with Crippen LogP contribution in [0.5, 0.6) is 0 Å². The summed E-state index contributed by atoms with van der Waals surface area (Å²) in [5.74, 6) is -0.482. The van der Waals surface area contributed by atoms with Gasteiger partial charge in [0.2, 0.25) is 0 Å². The summed E-state index contributed by atoms with van der Waals surface area (Å²) in [6.45, 7) is 2.63. The minimum Gasteiger partial charge on any atom is -0.335 e. The fourth-order valence-electron chi connectivity index (χ4n) is 2.66. The molecule has 2 saturated heterocycles. The molecule has 0 saturated carbocycles. The van der Waals surface area contributed by atoms with Crippen molar-refractivity contribution < 1.29 is 14.4 Å². The molecule has 2 N–H and O–H groups in total. The van der Waals surface area contributed by atoms with Gasteiger partial charge in [0.05, 0.1) is 17.7 Å². The van der Waals surface area contributed by atoms with Crippen LogP contribution in [0.1, 0.15) is 27.5 Å². The van der Waals surface area contributed by atoms with E-state index in [1.165, 1.54) is 11.3 Å². The molecule has 0 bridgehead atoms. The Bertz CT molecular complexity index is 599. The number of thiazole rings is 1. The van der Waals surface area contributed by atoms with Crippen molar-refractivity contribution in [3.63, 3.8) is 0 Å². The minimum atomic E-state index is -0.968. The van der Waals surface area contributed by atoms with Crippen molar-refractivity contribution >= 4 is 29.2 Å². The molecule has 0 radical (unpaired) electrons. The zero-order valence-electron chi connectivity index (χ0n) is 10.9. The predicted molar refractivity (Wildman–Crippen MR) is 71.4 cm³/mol. The van der Waals surface area contributed by atoms with Gasteiger partial charge in [-0.3, -0.25) is 14.9 Å². The lowest BCUT2D eigenvalue weighted by Gasteiger charge is -2.37. The lowest BCUT2D eigenvalue weighted by atomic mass is 9.89. The van der Waals surface area contributed by atoms with Gasteiger partial charge in [0.25, 0.3) is 11.8 Å². The molecular formula is C12H14N4O3S. The number of carbonyl (C=O) groups is 3. The number of likely N-dealkylation sites (tertiary alicyclic amines) is 1. The third-order valence-electron chi connectivity index (χ3n) is 3.63. The van der Waals surface area contributed by atoms with Crippen LogP contribution in [0.15, 0.2) is 6.20 Å². The van der Waals surface area contributed by atoms with E-state index in [1.54, 1.807) is 11.1 Å². The molecule has 7 nitrogen and oxygen atoms in total. The smallest absolute Gasteiger partial charge is 0.322 e. The van der Waals surface area contributed by atoms with Crippen LogP contribution in [0, 0.1) is 6.92 Å². The van der Waals surface area contributed by atoms with E-state index in [-0.39, 0.29) is 18.4 Å². The molecule has 20 heavy (non-hydrogen) atoms. The van der Waals surface area contributed by atoms with E-state index in [2.05, 4.69) is 15.6 Å². The molecule has 1 aromatic rings. The van der Waals surface area contributed by atoms with Crippen LogP contribution in [-0.4, -0.2) is 46.4 Å². The zero-order chi connectivity index (χ0) is 14.3. The summed E-state index contributed by atoms with van der Waals surface area (Å²) in [4.78, 5) is 41.9. The van der Waals surface area contributed by atoms with Crippen LogP contribution in [0.4, 0.5) is 4.79 Å². The van der Waals surface area contributed by atoms with Crippen molar-refractivity contribution in [3.05, 3.63) is 16.1 Å². The SMILES string of the molecule is Cc1ncc(C(=O)N2CCCC3(C2)NC(=O)NC3=O)s1. The number of piperidine rings is 1. The van der Waals surface area contributed by atoms with Gasteiger partial charge in [-0.2, -0.15) is 0 Å². The van der Waals surface area contributed by atoms with Gasteiger partial charge in [0, 0.05) is 6.54 Å². The summed E-state index contributed by atoms with van der Waals surface area (Å²) < 4.78 is 0. The van der Waals surface area contributed by atoms with Gasteiger partial charge >= 0.3 is 6.03 Å². The molecular weight excluding hydrogens is 280 g/mol. The van der Waals surface area contributed by atoms with Crippen LogP contribution in [0.2, 0.25) is 0 Å². The van der Waals surface area contributed by atoms with Crippen molar-refractivity contribution in [2.24, 2.45) is 0 Å². The fraction of sp³-hybridized carbons (Fsp3) is 0.500. The molecule has 1 atom stereocenters. The summed E-state index contributed by atoms with van der Waals surface area (Å²) in [7, 11) is 0. The van der Waals surface area contributed by atoms with Crippen molar-refractivity contribution in [3.8, 4) is 0 Å². The van der Waals surface area contributed by atoms with Gasteiger partial charge in [-0.15, -0.1) is 11.3 Å². The molecule has 3 rings (SSSR count). The second-order valence-electron chi connectivity index (χ2n) is 5.06. The van der Waals surface area contributed by atoms with E-state index in [9.17, 15) is 14.4 Å². The number of rotatable bonds is 1. The normalized spacial score (nSPS) is 25.8. The highest BCUT2D eigenvalue weighted by Crippen LogP contribution is 2.26. The van der Waals surface area contributed by atoms with Crippen LogP contribution in [0.25, 0.3) is 0 Å². The average molecular weight is 294 g/mol. The first-order valence-corrected chi connectivity index (χ1v) is 7.17. The molecule has 0 aliphatic carbocycles. The van der Waals surface area contributed by atoms with Crippen molar-refractivity contribution in [2.45, 2.75) is 25.3 Å². The topological polar surface area (TPSA) is 91.4 Å². The molecule has 0 aromatic carbocycles. The first kappa shape index (κ1) is 13.0. The Labute approximate surface area is 119 Å². The second kappa shape index (κ2) is 4.55. The summed E-state index contributed by atoms with van der Waals surface area (Å²) in [5.41, 5.74) is -0.968. The molecule has 2 fully saturated rings. The van der Waals surface area contributed by atoms with E-state index in [0.717, 1.165) is 5.01 Å². The highest BCUT2D eigenvalue weighted by atomic mass is 32.1. The van der Waals surface area contributed by atoms with Gasteiger partial charge in [-0.05, 0) is 19.8 Å². The monoisotopic (exact) mass is 294 g/mol. The summed E-state index contributed by atoms with van der Waals surface area (Å²) in [6, 6.07) is -0.488. The molecule has 1 aromatic heterocycles. The predicted octanol–water partition coefficient (Wildman–Crippen LogP) is 0.266. The van der Waals surface area contributed by atoms with E-state index in [1.807, 2.05) is 6.92 Å². The number of nitrogens with zero attached hydrogens (tertiary/aromatic N) is 2. The zero-order valence-corrected chi connectivity index (χ0v) is 11.7. The number of aromatic nitrogens is 1. The van der Waals surface area contributed by atoms with Crippen molar-refractivity contribution in [1.29, 1.82) is 0 Å². The van der Waals surface area contributed by atoms with Gasteiger partial charge < -0.3 is 10.2 Å². The molecule has 2 aliphatic rings. The Morgan fingerprint density at radius 3 is 2.90 bits per heavy atom. The fourth-order valence-corrected chi connectivity index (χ4v) is 3.41. The minimum absolute atomic E-state index is 0.136. The van der Waals surface area contributed by atoms with Gasteiger partial charge in [-0.1, -0.05) is 0 Å². The molecule has 8 heteroatoms.